The molecule has 0 saturated heterocycles. The van der Waals surface area contributed by atoms with Crippen molar-refractivity contribution in [3.8, 4) is 0 Å². The second-order valence-corrected chi connectivity index (χ2v) is 4.99. The molecule has 0 aliphatic rings. The van der Waals surface area contributed by atoms with Crippen LogP contribution in [-0.4, -0.2) is 12.6 Å². The molecule has 1 aromatic rings. The van der Waals surface area contributed by atoms with Crippen LogP contribution in [0.1, 0.15) is 57.4 Å². The van der Waals surface area contributed by atoms with Crippen LogP contribution in [-0.2, 0) is 9.53 Å². The van der Waals surface area contributed by atoms with Crippen molar-refractivity contribution < 1.29 is 9.53 Å². The van der Waals surface area contributed by atoms with Crippen molar-refractivity contribution in [3.05, 3.63) is 48.0 Å². The van der Waals surface area contributed by atoms with Gasteiger partial charge in [-0.05, 0) is 31.2 Å². The Bertz CT molecular complexity index is 395. The Hall–Kier alpha value is -1.57. The van der Waals surface area contributed by atoms with E-state index in [0.717, 1.165) is 6.42 Å². The number of hydrogen-bond donors (Lipinski definition) is 0. The first-order valence-corrected chi connectivity index (χ1v) is 7.66. The van der Waals surface area contributed by atoms with Crippen LogP contribution in [0.2, 0.25) is 0 Å². The van der Waals surface area contributed by atoms with E-state index in [2.05, 4.69) is 31.2 Å². The zero-order valence-electron chi connectivity index (χ0n) is 12.7. The summed E-state index contributed by atoms with van der Waals surface area (Å²) < 4.78 is 4.90. The predicted molar refractivity (Wildman–Crippen MR) is 83.7 cm³/mol. The van der Waals surface area contributed by atoms with Crippen LogP contribution >= 0.6 is 0 Å². The average molecular weight is 274 g/mol. The number of esters is 1. The third kappa shape index (κ3) is 6.55. The molecule has 1 aromatic carbocycles. The average Bonchev–Trinajstić information content (AvgIpc) is 2.47. The number of ether oxygens (including phenoxy) is 1. The fourth-order valence-corrected chi connectivity index (χ4v) is 2.31. The monoisotopic (exact) mass is 274 g/mol. The molecule has 0 N–H and O–H groups in total. The minimum atomic E-state index is -0.243. The predicted octanol–water partition coefficient (Wildman–Crippen LogP) is 4.86. The lowest BCUT2D eigenvalue weighted by Gasteiger charge is -2.15. The van der Waals surface area contributed by atoms with Crippen molar-refractivity contribution in [2.45, 2.75) is 51.9 Å². The molecule has 0 bridgehead atoms. The third-order valence-electron chi connectivity index (χ3n) is 3.39. The van der Waals surface area contributed by atoms with Gasteiger partial charge in [-0.1, -0.05) is 62.6 Å². The van der Waals surface area contributed by atoms with Crippen molar-refractivity contribution in [1.29, 1.82) is 0 Å². The van der Waals surface area contributed by atoms with Gasteiger partial charge in [-0.25, -0.2) is 4.79 Å². The summed E-state index contributed by atoms with van der Waals surface area (Å²) in [6.07, 6.45) is 9.31. The highest BCUT2D eigenvalue weighted by Crippen LogP contribution is 2.26. The second-order valence-electron chi connectivity index (χ2n) is 4.99. The van der Waals surface area contributed by atoms with Crippen LogP contribution in [0.3, 0.4) is 0 Å². The molecular weight excluding hydrogens is 248 g/mol. The summed E-state index contributed by atoms with van der Waals surface area (Å²) in [7, 11) is 0. The lowest BCUT2D eigenvalue weighted by atomic mass is 9.90. The largest absolute Gasteiger partial charge is 0.463 e. The minimum absolute atomic E-state index is 0.243. The summed E-state index contributed by atoms with van der Waals surface area (Å²) in [6.45, 7) is 4.48. The van der Waals surface area contributed by atoms with Crippen LogP contribution in [0, 0.1) is 0 Å². The van der Waals surface area contributed by atoms with Crippen molar-refractivity contribution in [1.82, 2.24) is 0 Å². The molecule has 1 unspecified atom stereocenters. The normalized spacial score (nSPS) is 12.5. The molecule has 1 rings (SSSR count). The number of carbonyl (C=O) groups is 1. The zero-order valence-corrected chi connectivity index (χ0v) is 12.7. The Kier molecular flexibility index (Phi) is 8.44. The van der Waals surface area contributed by atoms with E-state index in [1.54, 1.807) is 6.08 Å². The molecule has 0 spiro atoms. The second kappa shape index (κ2) is 10.2. The van der Waals surface area contributed by atoms with Gasteiger partial charge in [-0.3, -0.25) is 0 Å². The Morgan fingerprint density at radius 2 is 1.95 bits per heavy atom. The number of unbranched alkanes of at least 4 members (excludes halogenated alkanes) is 2. The first-order chi connectivity index (χ1) is 9.77. The molecule has 0 radical (unpaired) electrons. The van der Waals surface area contributed by atoms with Gasteiger partial charge in [-0.2, -0.15) is 0 Å². The Morgan fingerprint density at radius 3 is 2.60 bits per heavy atom. The van der Waals surface area contributed by atoms with Gasteiger partial charge < -0.3 is 4.74 Å². The first kappa shape index (κ1) is 16.5. The number of benzene rings is 1. The topological polar surface area (TPSA) is 26.3 Å². The molecule has 2 heteroatoms. The lowest BCUT2D eigenvalue weighted by molar-refractivity contribution is -0.137. The summed E-state index contributed by atoms with van der Waals surface area (Å²) in [4.78, 5) is 11.3. The molecule has 0 saturated carbocycles. The molecule has 0 aromatic heterocycles. The number of hydrogen-bond acceptors (Lipinski definition) is 2. The van der Waals surface area contributed by atoms with E-state index < -0.39 is 0 Å². The van der Waals surface area contributed by atoms with Crippen LogP contribution in [0.15, 0.2) is 42.5 Å². The Labute approximate surface area is 122 Å². The van der Waals surface area contributed by atoms with E-state index in [4.69, 9.17) is 4.74 Å². The van der Waals surface area contributed by atoms with Gasteiger partial charge in [-0.15, -0.1) is 0 Å². The molecule has 20 heavy (non-hydrogen) atoms. The Balaban J connectivity index is 2.56. The standard InChI is InChI=1S/C18H26O2/c1-3-5-7-11-17(16-12-8-6-9-13-16)14-10-15-18(19)20-4-2/h6,8-10,12-13,15,17H,3-5,7,11,14H2,1-2H3/b15-10+. The van der Waals surface area contributed by atoms with E-state index in [9.17, 15) is 4.79 Å². The molecule has 0 heterocycles. The minimum Gasteiger partial charge on any atom is -0.463 e. The van der Waals surface area contributed by atoms with Crippen LogP contribution in [0.25, 0.3) is 0 Å². The van der Waals surface area contributed by atoms with E-state index in [-0.39, 0.29) is 5.97 Å². The van der Waals surface area contributed by atoms with E-state index >= 15 is 0 Å². The zero-order chi connectivity index (χ0) is 14.6. The summed E-state index contributed by atoms with van der Waals surface area (Å²) in [5.74, 6) is 0.251. The van der Waals surface area contributed by atoms with Gasteiger partial charge in [0, 0.05) is 6.08 Å². The van der Waals surface area contributed by atoms with Crippen LogP contribution < -0.4 is 0 Å². The van der Waals surface area contributed by atoms with Crippen molar-refractivity contribution in [2.24, 2.45) is 0 Å². The van der Waals surface area contributed by atoms with Gasteiger partial charge in [0.15, 0.2) is 0 Å². The lowest BCUT2D eigenvalue weighted by Crippen LogP contribution is -2.01. The smallest absolute Gasteiger partial charge is 0.330 e. The molecule has 0 aliphatic carbocycles. The van der Waals surface area contributed by atoms with Crippen molar-refractivity contribution in [3.63, 3.8) is 0 Å². The molecule has 110 valence electrons. The molecular formula is C18H26O2. The number of rotatable bonds is 9. The molecule has 0 amide bonds. The fourth-order valence-electron chi connectivity index (χ4n) is 2.31. The van der Waals surface area contributed by atoms with Crippen molar-refractivity contribution in [2.75, 3.05) is 6.61 Å². The third-order valence-corrected chi connectivity index (χ3v) is 3.39. The van der Waals surface area contributed by atoms with Gasteiger partial charge in [0.1, 0.15) is 0 Å². The number of carbonyl (C=O) groups excluding carboxylic acids is 1. The first-order valence-electron chi connectivity index (χ1n) is 7.66. The van der Waals surface area contributed by atoms with Crippen LogP contribution in [0.5, 0.6) is 0 Å². The Morgan fingerprint density at radius 1 is 1.20 bits per heavy atom. The molecule has 0 aliphatic heterocycles. The number of allylic oxidation sites excluding steroid dienone is 1. The summed E-state index contributed by atoms with van der Waals surface area (Å²) >= 11 is 0. The maximum atomic E-state index is 11.3. The molecule has 1 atom stereocenters. The van der Waals surface area contributed by atoms with Crippen molar-refractivity contribution >= 4 is 5.97 Å². The quantitative estimate of drug-likeness (QED) is 0.365. The fraction of sp³-hybridized carbons (Fsp3) is 0.500. The summed E-state index contributed by atoms with van der Waals surface area (Å²) in [5, 5.41) is 0. The van der Waals surface area contributed by atoms with E-state index in [1.807, 2.05) is 19.1 Å². The highest BCUT2D eigenvalue weighted by atomic mass is 16.5. The maximum absolute atomic E-state index is 11.3. The SMILES string of the molecule is CCCCCC(C/C=C/C(=O)OCC)c1ccccc1. The van der Waals surface area contributed by atoms with Crippen LogP contribution in [0.4, 0.5) is 0 Å². The summed E-state index contributed by atoms with van der Waals surface area (Å²) in [6, 6.07) is 10.6. The highest BCUT2D eigenvalue weighted by Gasteiger charge is 2.09. The van der Waals surface area contributed by atoms with Gasteiger partial charge >= 0.3 is 5.97 Å². The maximum Gasteiger partial charge on any atom is 0.330 e. The summed E-state index contributed by atoms with van der Waals surface area (Å²) in [5.41, 5.74) is 1.36. The van der Waals surface area contributed by atoms with E-state index in [0.29, 0.717) is 12.5 Å². The van der Waals surface area contributed by atoms with Gasteiger partial charge in [0.05, 0.1) is 6.61 Å². The highest BCUT2D eigenvalue weighted by molar-refractivity contribution is 5.81. The molecule has 2 nitrogen and oxygen atoms in total. The van der Waals surface area contributed by atoms with E-state index in [1.165, 1.54) is 31.2 Å². The molecule has 0 fully saturated rings. The van der Waals surface area contributed by atoms with Gasteiger partial charge in [0.25, 0.3) is 0 Å². The van der Waals surface area contributed by atoms with Gasteiger partial charge in [0.2, 0.25) is 0 Å².